The molecular formula is C15H18N4O2. The van der Waals surface area contributed by atoms with Gasteiger partial charge in [-0.25, -0.2) is 9.97 Å². The zero-order valence-electron chi connectivity index (χ0n) is 12.4. The fourth-order valence-corrected chi connectivity index (χ4v) is 2.02. The van der Waals surface area contributed by atoms with Crippen LogP contribution in [-0.2, 0) is 0 Å². The molecule has 1 N–H and O–H groups in total. The summed E-state index contributed by atoms with van der Waals surface area (Å²) in [5, 5.41) is 14.4. The number of nitro groups is 1. The lowest BCUT2D eigenvalue weighted by atomic mass is 10.0. The Morgan fingerprint density at radius 2 is 2.00 bits per heavy atom. The minimum absolute atomic E-state index is 0.0748. The summed E-state index contributed by atoms with van der Waals surface area (Å²) >= 11 is 0. The molecule has 0 amide bonds. The van der Waals surface area contributed by atoms with Crippen molar-refractivity contribution in [3.63, 3.8) is 0 Å². The standard InChI is InChI=1S/C15H18N4O2/c1-4-7-16-15-14(19(20)21)13(17-9-18-15)12-6-5-10(2)11(3)8-12/h5-6,8-9H,4,7H2,1-3H3,(H,16,17,18). The van der Waals surface area contributed by atoms with Crippen molar-refractivity contribution < 1.29 is 4.92 Å². The molecule has 0 spiro atoms. The Hall–Kier alpha value is -2.50. The van der Waals surface area contributed by atoms with Gasteiger partial charge in [-0.1, -0.05) is 19.1 Å². The van der Waals surface area contributed by atoms with E-state index in [1.165, 1.54) is 6.33 Å². The normalized spacial score (nSPS) is 10.4. The van der Waals surface area contributed by atoms with Crippen LogP contribution in [0.1, 0.15) is 24.5 Å². The van der Waals surface area contributed by atoms with Crippen molar-refractivity contribution >= 4 is 11.5 Å². The summed E-state index contributed by atoms with van der Waals surface area (Å²) in [4.78, 5) is 19.1. The molecule has 0 fully saturated rings. The van der Waals surface area contributed by atoms with Crippen molar-refractivity contribution in [2.24, 2.45) is 0 Å². The molecule has 0 atom stereocenters. The van der Waals surface area contributed by atoms with E-state index in [1.807, 2.05) is 39.0 Å². The third-order valence-corrected chi connectivity index (χ3v) is 3.33. The van der Waals surface area contributed by atoms with Gasteiger partial charge < -0.3 is 5.32 Å². The Bertz CT molecular complexity index is 671. The van der Waals surface area contributed by atoms with Crippen LogP contribution in [0.2, 0.25) is 0 Å². The third kappa shape index (κ3) is 3.16. The maximum atomic E-state index is 11.4. The Labute approximate surface area is 123 Å². The summed E-state index contributed by atoms with van der Waals surface area (Å²) in [6.07, 6.45) is 2.22. The lowest BCUT2D eigenvalue weighted by Crippen LogP contribution is -2.07. The number of nitrogens with one attached hydrogen (secondary N) is 1. The van der Waals surface area contributed by atoms with Gasteiger partial charge in [0, 0.05) is 12.1 Å². The fraction of sp³-hybridized carbons (Fsp3) is 0.333. The van der Waals surface area contributed by atoms with E-state index >= 15 is 0 Å². The first-order chi connectivity index (χ1) is 10.0. The summed E-state index contributed by atoms with van der Waals surface area (Å²) in [6.45, 7) is 6.60. The van der Waals surface area contributed by atoms with Crippen LogP contribution in [0.4, 0.5) is 11.5 Å². The molecule has 2 aromatic rings. The van der Waals surface area contributed by atoms with Gasteiger partial charge in [0.05, 0.1) is 4.92 Å². The Kier molecular flexibility index (Phi) is 4.47. The zero-order valence-corrected chi connectivity index (χ0v) is 12.4. The minimum Gasteiger partial charge on any atom is -0.364 e. The second-order valence-electron chi connectivity index (χ2n) is 4.90. The first kappa shape index (κ1) is 14.9. The van der Waals surface area contributed by atoms with Gasteiger partial charge in [0.1, 0.15) is 6.33 Å². The molecule has 1 aromatic heterocycles. The molecule has 0 aliphatic carbocycles. The van der Waals surface area contributed by atoms with Gasteiger partial charge >= 0.3 is 5.69 Å². The van der Waals surface area contributed by atoms with Crippen molar-refractivity contribution in [3.8, 4) is 11.3 Å². The lowest BCUT2D eigenvalue weighted by molar-refractivity contribution is -0.383. The van der Waals surface area contributed by atoms with Crippen LogP contribution in [0, 0.1) is 24.0 Å². The zero-order chi connectivity index (χ0) is 15.4. The maximum absolute atomic E-state index is 11.4. The van der Waals surface area contributed by atoms with Crippen molar-refractivity contribution in [2.45, 2.75) is 27.2 Å². The monoisotopic (exact) mass is 286 g/mol. The molecule has 0 radical (unpaired) electrons. The summed E-state index contributed by atoms with van der Waals surface area (Å²) in [6, 6.07) is 5.70. The SMILES string of the molecule is CCCNc1ncnc(-c2ccc(C)c(C)c2)c1[N+](=O)[O-]. The lowest BCUT2D eigenvalue weighted by Gasteiger charge is -2.09. The number of aryl methyl sites for hydroxylation is 2. The van der Waals surface area contributed by atoms with Crippen LogP contribution >= 0.6 is 0 Å². The molecule has 1 aromatic carbocycles. The van der Waals surface area contributed by atoms with Gasteiger partial charge in [0.25, 0.3) is 0 Å². The summed E-state index contributed by atoms with van der Waals surface area (Å²) < 4.78 is 0. The Balaban J connectivity index is 2.56. The van der Waals surface area contributed by atoms with E-state index in [0.29, 0.717) is 12.2 Å². The summed E-state index contributed by atoms with van der Waals surface area (Å²) in [5.74, 6) is 0.269. The number of aromatic nitrogens is 2. The van der Waals surface area contributed by atoms with Gasteiger partial charge in [-0.2, -0.15) is 0 Å². The molecule has 0 aliphatic rings. The van der Waals surface area contributed by atoms with E-state index < -0.39 is 4.92 Å². The second kappa shape index (κ2) is 6.30. The number of hydrogen-bond donors (Lipinski definition) is 1. The Morgan fingerprint density at radius 1 is 1.24 bits per heavy atom. The van der Waals surface area contributed by atoms with Crippen LogP contribution < -0.4 is 5.32 Å². The minimum atomic E-state index is -0.428. The van der Waals surface area contributed by atoms with E-state index in [-0.39, 0.29) is 11.5 Å². The number of anilines is 1. The third-order valence-electron chi connectivity index (χ3n) is 3.33. The average molecular weight is 286 g/mol. The van der Waals surface area contributed by atoms with Crippen molar-refractivity contribution in [3.05, 3.63) is 45.8 Å². The number of rotatable bonds is 5. The van der Waals surface area contributed by atoms with Crippen LogP contribution in [0.3, 0.4) is 0 Å². The summed E-state index contributed by atoms with van der Waals surface area (Å²) in [7, 11) is 0. The second-order valence-corrected chi connectivity index (χ2v) is 4.90. The number of nitrogens with zero attached hydrogens (tertiary/aromatic N) is 3. The largest absolute Gasteiger partial charge is 0.364 e. The molecule has 6 nitrogen and oxygen atoms in total. The quantitative estimate of drug-likeness (QED) is 0.672. The van der Waals surface area contributed by atoms with Crippen LogP contribution in [0.5, 0.6) is 0 Å². The number of hydrogen-bond acceptors (Lipinski definition) is 5. The smallest absolute Gasteiger partial charge is 0.337 e. The van der Waals surface area contributed by atoms with Gasteiger partial charge in [-0.05, 0) is 37.5 Å². The van der Waals surface area contributed by atoms with Crippen LogP contribution in [0.15, 0.2) is 24.5 Å². The highest BCUT2D eigenvalue weighted by molar-refractivity contribution is 5.77. The van der Waals surface area contributed by atoms with Crippen LogP contribution in [-0.4, -0.2) is 21.4 Å². The molecule has 0 saturated heterocycles. The highest BCUT2D eigenvalue weighted by Crippen LogP contribution is 2.33. The van der Waals surface area contributed by atoms with Gasteiger partial charge in [-0.15, -0.1) is 0 Å². The first-order valence-electron chi connectivity index (χ1n) is 6.85. The predicted molar refractivity (Wildman–Crippen MR) is 82.4 cm³/mol. The first-order valence-corrected chi connectivity index (χ1v) is 6.85. The number of benzene rings is 1. The highest BCUT2D eigenvalue weighted by atomic mass is 16.6. The molecule has 0 aliphatic heterocycles. The molecule has 2 rings (SSSR count). The molecule has 0 bridgehead atoms. The molecule has 0 saturated carbocycles. The van der Waals surface area contributed by atoms with E-state index in [4.69, 9.17) is 0 Å². The van der Waals surface area contributed by atoms with Crippen molar-refractivity contribution in [1.82, 2.24) is 9.97 Å². The predicted octanol–water partition coefficient (Wildman–Crippen LogP) is 3.49. The molecule has 0 unspecified atom stereocenters. The average Bonchev–Trinajstić information content (AvgIpc) is 2.47. The van der Waals surface area contributed by atoms with E-state index in [2.05, 4.69) is 15.3 Å². The molecular weight excluding hydrogens is 268 g/mol. The van der Waals surface area contributed by atoms with Crippen LogP contribution in [0.25, 0.3) is 11.3 Å². The van der Waals surface area contributed by atoms with E-state index in [9.17, 15) is 10.1 Å². The highest BCUT2D eigenvalue weighted by Gasteiger charge is 2.23. The van der Waals surface area contributed by atoms with E-state index in [1.54, 1.807) is 0 Å². The maximum Gasteiger partial charge on any atom is 0.337 e. The fourth-order valence-electron chi connectivity index (χ4n) is 2.02. The topological polar surface area (TPSA) is 81.0 Å². The molecule has 6 heteroatoms. The summed E-state index contributed by atoms with van der Waals surface area (Å²) in [5.41, 5.74) is 3.21. The van der Waals surface area contributed by atoms with E-state index in [0.717, 1.165) is 23.1 Å². The van der Waals surface area contributed by atoms with Crippen molar-refractivity contribution in [2.75, 3.05) is 11.9 Å². The molecule has 21 heavy (non-hydrogen) atoms. The molecule has 110 valence electrons. The van der Waals surface area contributed by atoms with Gasteiger partial charge in [-0.3, -0.25) is 10.1 Å². The van der Waals surface area contributed by atoms with Crippen molar-refractivity contribution in [1.29, 1.82) is 0 Å². The van der Waals surface area contributed by atoms with Gasteiger partial charge in [0.15, 0.2) is 5.69 Å². The Morgan fingerprint density at radius 3 is 2.62 bits per heavy atom. The van der Waals surface area contributed by atoms with Gasteiger partial charge in [0.2, 0.25) is 5.82 Å². The molecule has 1 heterocycles.